The highest BCUT2D eigenvalue weighted by atomic mass is 16.1. The van der Waals surface area contributed by atoms with Gasteiger partial charge in [0.2, 0.25) is 5.91 Å². The molecule has 1 amide bonds. The molecule has 0 spiro atoms. The smallest absolute Gasteiger partial charge is 0.220 e. The maximum Gasteiger partial charge on any atom is 0.220 e. The summed E-state index contributed by atoms with van der Waals surface area (Å²) in [7, 11) is 0. The Balaban J connectivity index is 1.78. The molecule has 2 rings (SSSR count). The van der Waals surface area contributed by atoms with E-state index in [0.717, 1.165) is 31.2 Å². The van der Waals surface area contributed by atoms with Gasteiger partial charge in [-0.25, -0.2) is 0 Å². The van der Waals surface area contributed by atoms with E-state index in [2.05, 4.69) is 5.32 Å². The van der Waals surface area contributed by atoms with Crippen LogP contribution in [0.4, 0.5) is 0 Å². The van der Waals surface area contributed by atoms with Crippen LogP contribution in [0.2, 0.25) is 0 Å². The monoisotopic (exact) mass is 260 g/mol. The minimum Gasteiger partial charge on any atom is -0.350 e. The lowest BCUT2D eigenvalue weighted by atomic mass is 9.84. The van der Waals surface area contributed by atoms with Crippen molar-refractivity contribution in [2.75, 3.05) is 0 Å². The first-order chi connectivity index (χ1) is 9.15. The van der Waals surface area contributed by atoms with E-state index in [1.54, 1.807) is 0 Å². The van der Waals surface area contributed by atoms with Crippen LogP contribution in [-0.2, 0) is 4.79 Å². The molecule has 1 aromatic carbocycles. The lowest BCUT2D eigenvalue weighted by Crippen LogP contribution is -2.31. The molecule has 3 nitrogen and oxygen atoms in total. The minimum absolute atomic E-state index is 0.0829. The Morgan fingerprint density at radius 3 is 2.53 bits per heavy atom. The van der Waals surface area contributed by atoms with Gasteiger partial charge < -0.3 is 11.1 Å². The first kappa shape index (κ1) is 14.1. The largest absolute Gasteiger partial charge is 0.350 e. The summed E-state index contributed by atoms with van der Waals surface area (Å²) in [6, 6.07) is 10.5. The topological polar surface area (TPSA) is 55.1 Å². The van der Waals surface area contributed by atoms with E-state index in [1.165, 1.54) is 0 Å². The zero-order valence-electron chi connectivity index (χ0n) is 11.6. The van der Waals surface area contributed by atoms with E-state index >= 15 is 0 Å². The Morgan fingerprint density at radius 2 is 1.89 bits per heavy atom. The van der Waals surface area contributed by atoms with Crippen molar-refractivity contribution >= 4 is 5.91 Å². The molecule has 1 aromatic rings. The number of nitrogens with two attached hydrogens (primary N) is 1. The zero-order chi connectivity index (χ0) is 13.7. The maximum absolute atomic E-state index is 12.0. The number of hydrogen-bond acceptors (Lipinski definition) is 2. The summed E-state index contributed by atoms with van der Waals surface area (Å²) < 4.78 is 0. The van der Waals surface area contributed by atoms with Crippen LogP contribution in [0.3, 0.4) is 0 Å². The molecule has 0 aliphatic heterocycles. The number of nitrogens with one attached hydrogen (secondary N) is 1. The van der Waals surface area contributed by atoms with Crippen LogP contribution in [0.15, 0.2) is 30.3 Å². The van der Waals surface area contributed by atoms with Gasteiger partial charge in [-0.2, -0.15) is 0 Å². The lowest BCUT2D eigenvalue weighted by molar-refractivity contribution is -0.122. The van der Waals surface area contributed by atoms with Gasteiger partial charge in [0.1, 0.15) is 0 Å². The molecule has 0 heterocycles. The van der Waals surface area contributed by atoms with Crippen LogP contribution in [0.25, 0.3) is 0 Å². The van der Waals surface area contributed by atoms with Crippen molar-refractivity contribution in [2.45, 2.75) is 51.1 Å². The molecule has 1 fully saturated rings. The van der Waals surface area contributed by atoms with Gasteiger partial charge in [0.25, 0.3) is 0 Å². The molecule has 0 aromatic heterocycles. The molecule has 1 atom stereocenters. The van der Waals surface area contributed by atoms with Gasteiger partial charge in [-0.3, -0.25) is 4.79 Å². The molecular formula is C16H24N2O. The average molecular weight is 260 g/mol. The molecule has 3 heteroatoms. The van der Waals surface area contributed by atoms with E-state index in [-0.39, 0.29) is 11.9 Å². The Labute approximate surface area is 115 Å². The normalized spacial score (nSPS) is 24.7. The van der Waals surface area contributed by atoms with E-state index in [4.69, 9.17) is 5.73 Å². The van der Waals surface area contributed by atoms with Crippen LogP contribution >= 0.6 is 0 Å². The maximum atomic E-state index is 12.0. The molecule has 1 unspecified atom stereocenters. The third-order valence-corrected chi connectivity index (χ3v) is 4.04. The first-order valence-electron chi connectivity index (χ1n) is 7.25. The number of carbonyl (C=O) groups excluding carboxylic acids is 1. The second-order valence-corrected chi connectivity index (χ2v) is 5.68. The van der Waals surface area contributed by atoms with E-state index in [1.807, 2.05) is 37.3 Å². The Hall–Kier alpha value is -1.35. The minimum atomic E-state index is 0.0829. The molecule has 1 aliphatic rings. The predicted octanol–water partition coefficient (Wildman–Crippen LogP) is 2.77. The summed E-state index contributed by atoms with van der Waals surface area (Å²) in [6.07, 6.45) is 4.95. The Bertz CT molecular complexity index is 396. The second-order valence-electron chi connectivity index (χ2n) is 5.68. The van der Waals surface area contributed by atoms with E-state index in [9.17, 15) is 4.79 Å². The molecule has 1 saturated carbocycles. The second kappa shape index (κ2) is 6.71. The van der Waals surface area contributed by atoms with Crippen molar-refractivity contribution in [3.8, 4) is 0 Å². The molecule has 0 saturated heterocycles. The fourth-order valence-electron chi connectivity index (χ4n) is 2.78. The van der Waals surface area contributed by atoms with Gasteiger partial charge in [0.15, 0.2) is 0 Å². The van der Waals surface area contributed by atoms with Crippen LogP contribution in [-0.4, -0.2) is 11.9 Å². The van der Waals surface area contributed by atoms with Crippen molar-refractivity contribution in [3.63, 3.8) is 0 Å². The summed E-state index contributed by atoms with van der Waals surface area (Å²) in [6.45, 7) is 2.03. The van der Waals surface area contributed by atoms with Crippen LogP contribution in [0.1, 0.15) is 50.6 Å². The predicted molar refractivity (Wildman–Crippen MR) is 77.6 cm³/mol. The van der Waals surface area contributed by atoms with Crippen LogP contribution < -0.4 is 11.1 Å². The molecule has 0 radical (unpaired) electrons. The quantitative estimate of drug-likeness (QED) is 0.874. The van der Waals surface area contributed by atoms with Crippen LogP contribution in [0.5, 0.6) is 0 Å². The third kappa shape index (κ3) is 4.35. The first-order valence-corrected chi connectivity index (χ1v) is 7.25. The van der Waals surface area contributed by atoms with Gasteiger partial charge in [-0.15, -0.1) is 0 Å². The molecular weight excluding hydrogens is 236 g/mol. The summed E-state index contributed by atoms with van der Waals surface area (Å²) in [5.74, 6) is 0.680. The third-order valence-electron chi connectivity index (χ3n) is 4.04. The molecule has 19 heavy (non-hydrogen) atoms. The van der Waals surface area contributed by atoms with E-state index < -0.39 is 0 Å². The fraction of sp³-hybridized carbons (Fsp3) is 0.562. The fourth-order valence-corrected chi connectivity index (χ4v) is 2.78. The van der Waals surface area contributed by atoms with Gasteiger partial charge in [0, 0.05) is 12.5 Å². The Morgan fingerprint density at radius 1 is 1.26 bits per heavy atom. The summed E-state index contributed by atoms with van der Waals surface area (Å²) in [5, 5.41) is 3.08. The average Bonchev–Trinajstić information content (AvgIpc) is 2.42. The standard InChI is InChI=1S/C16H24N2O/c1-12(14-5-3-2-4-6-14)18-16(19)11-13-7-9-15(17)10-8-13/h2-6,12-13,15H,7-11,17H2,1H3,(H,18,19). The summed E-state index contributed by atoms with van der Waals surface area (Å²) in [4.78, 5) is 12.0. The number of amides is 1. The molecule has 0 bridgehead atoms. The Kier molecular flexibility index (Phi) is 4.97. The summed E-state index contributed by atoms with van der Waals surface area (Å²) >= 11 is 0. The highest BCUT2D eigenvalue weighted by molar-refractivity contribution is 5.76. The molecule has 1 aliphatic carbocycles. The molecule has 104 valence electrons. The highest BCUT2D eigenvalue weighted by Crippen LogP contribution is 2.26. The number of benzene rings is 1. The summed E-state index contributed by atoms with van der Waals surface area (Å²) in [5.41, 5.74) is 7.04. The van der Waals surface area contributed by atoms with Crippen molar-refractivity contribution in [1.82, 2.24) is 5.32 Å². The lowest BCUT2D eigenvalue weighted by Gasteiger charge is -2.26. The van der Waals surface area contributed by atoms with Crippen LogP contribution in [0, 0.1) is 5.92 Å². The zero-order valence-corrected chi connectivity index (χ0v) is 11.6. The number of carbonyl (C=O) groups is 1. The van der Waals surface area contributed by atoms with Crippen molar-refractivity contribution in [2.24, 2.45) is 11.7 Å². The molecule has 3 N–H and O–H groups in total. The van der Waals surface area contributed by atoms with Crippen molar-refractivity contribution < 1.29 is 4.79 Å². The number of rotatable bonds is 4. The number of hydrogen-bond donors (Lipinski definition) is 2. The van der Waals surface area contributed by atoms with Gasteiger partial charge in [0.05, 0.1) is 6.04 Å². The van der Waals surface area contributed by atoms with Gasteiger partial charge in [-0.1, -0.05) is 30.3 Å². The van der Waals surface area contributed by atoms with Crippen molar-refractivity contribution in [1.29, 1.82) is 0 Å². The van der Waals surface area contributed by atoms with E-state index in [0.29, 0.717) is 18.4 Å². The SMILES string of the molecule is CC(NC(=O)CC1CCC(N)CC1)c1ccccc1. The van der Waals surface area contributed by atoms with Crippen molar-refractivity contribution in [3.05, 3.63) is 35.9 Å². The van der Waals surface area contributed by atoms with Gasteiger partial charge >= 0.3 is 0 Å². The van der Waals surface area contributed by atoms with Gasteiger partial charge in [-0.05, 0) is 44.1 Å². The highest BCUT2D eigenvalue weighted by Gasteiger charge is 2.21.